The second-order valence-corrected chi connectivity index (χ2v) is 5.40. The van der Waals surface area contributed by atoms with E-state index in [1.54, 1.807) is 19.1 Å². The number of halogens is 1. The molecule has 0 atom stereocenters. The summed E-state index contributed by atoms with van der Waals surface area (Å²) in [4.78, 5) is 22.8. The number of hydrogen-bond acceptors (Lipinski definition) is 4. The highest BCUT2D eigenvalue weighted by Crippen LogP contribution is 2.38. The summed E-state index contributed by atoms with van der Waals surface area (Å²) in [5, 5.41) is 13.7. The van der Waals surface area contributed by atoms with Crippen LogP contribution in [0.5, 0.6) is 0 Å². The molecule has 0 radical (unpaired) electrons. The molecular weight excluding hydrogens is 294 g/mol. The summed E-state index contributed by atoms with van der Waals surface area (Å²) < 4.78 is 0. The van der Waals surface area contributed by atoms with Crippen LogP contribution in [0.25, 0.3) is 0 Å². The van der Waals surface area contributed by atoms with Gasteiger partial charge in [-0.15, -0.1) is 12.4 Å². The molecule has 0 spiro atoms. The van der Waals surface area contributed by atoms with Gasteiger partial charge in [-0.25, -0.2) is 0 Å². The van der Waals surface area contributed by atoms with E-state index in [9.17, 15) is 14.9 Å². The number of amides is 1. The van der Waals surface area contributed by atoms with Crippen molar-refractivity contribution in [2.45, 2.75) is 32.6 Å². The minimum absolute atomic E-state index is 0. The molecule has 1 saturated carbocycles. The van der Waals surface area contributed by atoms with Crippen molar-refractivity contribution in [2.24, 2.45) is 11.1 Å². The summed E-state index contributed by atoms with van der Waals surface area (Å²) >= 11 is 0. The Bertz CT molecular complexity index is 542. The Kier molecular flexibility index (Phi) is 5.69. The predicted molar refractivity (Wildman–Crippen MR) is 83.7 cm³/mol. The Hall–Kier alpha value is -1.66. The zero-order valence-corrected chi connectivity index (χ0v) is 12.7. The number of nitrogens with zero attached hydrogens (tertiary/aromatic N) is 1. The van der Waals surface area contributed by atoms with E-state index in [1.165, 1.54) is 6.07 Å². The van der Waals surface area contributed by atoms with Gasteiger partial charge in [-0.1, -0.05) is 18.9 Å². The number of benzene rings is 1. The van der Waals surface area contributed by atoms with Crippen LogP contribution in [0.4, 0.5) is 11.4 Å². The van der Waals surface area contributed by atoms with Gasteiger partial charge in [-0.3, -0.25) is 14.9 Å². The van der Waals surface area contributed by atoms with Crippen LogP contribution in [0.2, 0.25) is 0 Å². The Morgan fingerprint density at radius 1 is 1.43 bits per heavy atom. The van der Waals surface area contributed by atoms with Crippen molar-refractivity contribution in [1.29, 1.82) is 0 Å². The minimum atomic E-state index is -0.514. The Morgan fingerprint density at radius 2 is 2.05 bits per heavy atom. The van der Waals surface area contributed by atoms with Gasteiger partial charge in [0.2, 0.25) is 5.91 Å². The van der Waals surface area contributed by atoms with Gasteiger partial charge in [-0.05, 0) is 25.8 Å². The number of nitrogens with one attached hydrogen (secondary N) is 1. The van der Waals surface area contributed by atoms with Crippen molar-refractivity contribution in [3.63, 3.8) is 0 Å². The van der Waals surface area contributed by atoms with Gasteiger partial charge in [-0.2, -0.15) is 0 Å². The average Bonchev–Trinajstić information content (AvgIpc) is 2.90. The van der Waals surface area contributed by atoms with E-state index in [-0.39, 0.29) is 24.0 Å². The number of rotatable bonds is 4. The third kappa shape index (κ3) is 3.51. The first kappa shape index (κ1) is 17.4. The van der Waals surface area contributed by atoms with Crippen molar-refractivity contribution < 1.29 is 9.72 Å². The van der Waals surface area contributed by atoms with E-state index in [0.717, 1.165) is 25.7 Å². The largest absolute Gasteiger partial charge is 0.329 e. The van der Waals surface area contributed by atoms with E-state index < -0.39 is 10.3 Å². The molecule has 2 rings (SSSR count). The smallest absolute Gasteiger partial charge is 0.274 e. The number of aryl methyl sites for hydroxylation is 1. The van der Waals surface area contributed by atoms with Gasteiger partial charge in [0.05, 0.1) is 10.3 Å². The van der Waals surface area contributed by atoms with Gasteiger partial charge in [0.15, 0.2) is 0 Å². The highest BCUT2D eigenvalue weighted by molar-refractivity contribution is 5.96. The summed E-state index contributed by atoms with van der Waals surface area (Å²) in [7, 11) is 0. The molecule has 7 heteroatoms. The molecule has 1 aliphatic rings. The number of nitro benzene ring substituents is 1. The fourth-order valence-electron chi connectivity index (χ4n) is 2.72. The molecule has 0 aromatic heterocycles. The normalized spacial score (nSPS) is 16.1. The molecule has 6 nitrogen and oxygen atoms in total. The van der Waals surface area contributed by atoms with Crippen LogP contribution in [-0.4, -0.2) is 17.4 Å². The van der Waals surface area contributed by atoms with Gasteiger partial charge in [0.1, 0.15) is 0 Å². The van der Waals surface area contributed by atoms with Crippen molar-refractivity contribution in [3.8, 4) is 0 Å². The molecule has 0 heterocycles. The third-order valence-electron chi connectivity index (χ3n) is 4.10. The first-order valence-corrected chi connectivity index (χ1v) is 6.75. The lowest BCUT2D eigenvalue weighted by Gasteiger charge is -2.25. The lowest BCUT2D eigenvalue weighted by molar-refractivity contribution is -0.385. The first-order chi connectivity index (χ1) is 9.48. The van der Waals surface area contributed by atoms with Crippen molar-refractivity contribution >= 4 is 29.7 Å². The fourth-order valence-corrected chi connectivity index (χ4v) is 2.72. The Labute approximate surface area is 129 Å². The van der Waals surface area contributed by atoms with Crippen molar-refractivity contribution in [1.82, 2.24) is 0 Å². The lowest BCUT2D eigenvalue weighted by atomic mass is 9.85. The van der Waals surface area contributed by atoms with Crippen LogP contribution in [0, 0.1) is 22.5 Å². The van der Waals surface area contributed by atoms with Crippen LogP contribution in [-0.2, 0) is 4.79 Å². The molecule has 0 unspecified atom stereocenters. The maximum atomic E-state index is 12.4. The number of carbonyl (C=O) groups is 1. The number of carbonyl (C=O) groups excluding carboxylic acids is 1. The molecule has 0 saturated heterocycles. The molecule has 1 amide bonds. The topological polar surface area (TPSA) is 98.3 Å². The van der Waals surface area contributed by atoms with E-state index >= 15 is 0 Å². The summed E-state index contributed by atoms with van der Waals surface area (Å²) in [6.45, 7) is 1.98. The molecule has 1 fully saturated rings. The maximum Gasteiger partial charge on any atom is 0.274 e. The summed E-state index contributed by atoms with van der Waals surface area (Å²) in [5.74, 6) is -0.129. The zero-order chi connectivity index (χ0) is 14.8. The second kappa shape index (κ2) is 6.87. The SMILES string of the molecule is Cc1ccc(NC(=O)C2(CN)CCCC2)cc1[N+](=O)[O-].Cl. The third-order valence-corrected chi connectivity index (χ3v) is 4.10. The Balaban J connectivity index is 0.00000220. The van der Waals surface area contributed by atoms with Gasteiger partial charge < -0.3 is 11.1 Å². The van der Waals surface area contributed by atoms with Crippen molar-refractivity contribution in [2.75, 3.05) is 11.9 Å². The van der Waals surface area contributed by atoms with Gasteiger partial charge >= 0.3 is 0 Å². The number of hydrogen-bond donors (Lipinski definition) is 2. The maximum absolute atomic E-state index is 12.4. The lowest BCUT2D eigenvalue weighted by Crippen LogP contribution is -2.40. The van der Waals surface area contributed by atoms with E-state index in [1.807, 2.05) is 0 Å². The summed E-state index contributed by atoms with van der Waals surface area (Å²) in [6.07, 6.45) is 3.56. The molecule has 1 aliphatic carbocycles. The minimum Gasteiger partial charge on any atom is -0.329 e. The highest BCUT2D eigenvalue weighted by atomic mass is 35.5. The molecule has 1 aromatic carbocycles. The van der Waals surface area contributed by atoms with Crippen LogP contribution >= 0.6 is 12.4 Å². The quantitative estimate of drug-likeness (QED) is 0.659. The summed E-state index contributed by atoms with van der Waals surface area (Å²) in [6, 6.07) is 4.71. The van der Waals surface area contributed by atoms with Crippen LogP contribution < -0.4 is 11.1 Å². The number of nitro groups is 1. The standard InChI is InChI=1S/C14H19N3O3.ClH/c1-10-4-5-11(8-12(10)17(19)20)16-13(18)14(9-15)6-2-3-7-14;/h4-5,8H,2-3,6-7,9,15H2,1H3,(H,16,18);1H. The predicted octanol–water partition coefficient (Wildman–Crippen LogP) is 2.78. The summed E-state index contributed by atoms with van der Waals surface area (Å²) in [5.41, 5.74) is 6.28. The molecule has 116 valence electrons. The first-order valence-electron chi connectivity index (χ1n) is 6.75. The molecule has 0 aliphatic heterocycles. The molecule has 3 N–H and O–H groups in total. The average molecular weight is 314 g/mol. The van der Waals surface area contributed by atoms with E-state index in [2.05, 4.69) is 5.32 Å². The zero-order valence-electron chi connectivity index (χ0n) is 11.9. The van der Waals surface area contributed by atoms with Gasteiger partial charge in [0, 0.05) is 23.9 Å². The Morgan fingerprint density at radius 3 is 2.57 bits per heavy atom. The second-order valence-electron chi connectivity index (χ2n) is 5.40. The van der Waals surface area contributed by atoms with Crippen LogP contribution in [0.15, 0.2) is 18.2 Å². The molecular formula is C14H20ClN3O3. The van der Waals surface area contributed by atoms with Gasteiger partial charge in [0.25, 0.3) is 5.69 Å². The molecule has 1 aromatic rings. The van der Waals surface area contributed by atoms with Crippen molar-refractivity contribution in [3.05, 3.63) is 33.9 Å². The molecule has 21 heavy (non-hydrogen) atoms. The number of nitrogens with two attached hydrogens (primary N) is 1. The van der Waals surface area contributed by atoms with E-state index in [4.69, 9.17) is 5.73 Å². The van der Waals surface area contributed by atoms with Crippen LogP contribution in [0.3, 0.4) is 0 Å². The number of anilines is 1. The van der Waals surface area contributed by atoms with E-state index in [0.29, 0.717) is 17.8 Å². The monoisotopic (exact) mass is 313 g/mol. The highest BCUT2D eigenvalue weighted by Gasteiger charge is 2.39. The molecule has 0 bridgehead atoms. The fraction of sp³-hybridized carbons (Fsp3) is 0.500. The van der Waals surface area contributed by atoms with Crippen LogP contribution in [0.1, 0.15) is 31.2 Å².